The molecule has 88 valence electrons. The zero-order chi connectivity index (χ0) is 12.1. The van der Waals surface area contributed by atoms with Crippen LogP contribution in [0.3, 0.4) is 0 Å². The van der Waals surface area contributed by atoms with Crippen molar-refractivity contribution in [1.82, 2.24) is 0 Å². The molecule has 1 aromatic rings. The molecule has 0 heterocycles. The Morgan fingerprint density at radius 3 is 2.19 bits per heavy atom. The van der Waals surface area contributed by atoms with Crippen LogP contribution in [0.2, 0.25) is 0 Å². The molecule has 0 radical (unpaired) electrons. The molecule has 0 aromatic heterocycles. The largest absolute Gasteiger partial charge is 0.324 e. The number of carbonyl (C=O) groups excluding carboxylic acids is 1. The SMILES string of the molecule is CCc1cccc(CC)c1NC(=O)[C@H](C)Cl. The predicted octanol–water partition coefficient (Wildman–Crippen LogP) is 3.38. The molecule has 1 aromatic carbocycles. The highest BCUT2D eigenvalue weighted by molar-refractivity contribution is 6.32. The fourth-order valence-corrected chi connectivity index (χ4v) is 1.68. The van der Waals surface area contributed by atoms with Gasteiger partial charge in [-0.05, 0) is 30.9 Å². The number of amides is 1. The zero-order valence-electron chi connectivity index (χ0n) is 10.0. The van der Waals surface area contributed by atoms with Gasteiger partial charge in [-0.15, -0.1) is 11.6 Å². The molecule has 0 unspecified atom stereocenters. The van der Waals surface area contributed by atoms with Gasteiger partial charge >= 0.3 is 0 Å². The number of alkyl halides is 1. The van der Waals surface area contributed by atoms with Gasteiger partial charge in [-0.2, -0.15) is 0 Å². The van der Waals surface area contributed by atoms with Crippen LogP contribution in [0.5, 0.6) is 0 Å². The minimum absolute atomic E-state index is 0.141. The average molecular weight is 240 g/mol. The van der Waals surface area contributed by atoms with Crippen molar-refractivity contribution in [2.24, 2.45) is 0 Å². The monoisotopic (exact) mass is 239 g/mol. The van der Waals surface area contributed by atoms with Crippen LogP contribution < -0.4 is 5.32 Å². The van der Waals surface area contributed by atoms with Crippen LogP contribution in [0.25, 0.3) is 0 Å². The predicted molar refractivity (Wildman–Crippen MR) is 69.1 cm³/mol. The molecule has 1 rings (SSSR count). The Hall–Kier alpha value is -1.02. The van der Waals surface area contributed by atoms with Crippen LogP contribution in [0.1, 0.15) is 31.9 Å². The third kappa shape index (κ3) is 2.99. The summed E-state index contributed by atoms with van der Waals surface area (Å²) in [5.74, 6) is -0.141. The molecule has 0 aliphatic heterocycles. The van der Waals surface area contributed by atoms with Crippen molar-refractivity contribution in [3.05, 3.63) is 29.3 Å². The van der Waals surface area contributed by atoms with Crippen molar-refractivity contribution in [1.29, 1.82) is 0 Å². The van der Waals surface area contributed by atoms with Gasteiger partial charge in [0.25, 0.3) is 0 Å². The van der Waals surface area contributed by atoms with E-state index in [1.54, 1.807) is 6.92 Å². The molecule has 0 bridgehead atoms. The highest BCUT2D eigenvalue weighted by Gasteiger charge is 2.13. The molecular formula is C13H18ClNO. The minimum Gasteiger partial charge on any atom is -0.324 e. The van der Waals surface area contributed by atoms with Crippen LogP contribution in [-0.4, -0.2) is 11.3 Å². The quantitative estimate of drug-likeness (QED) is 0.802. The highest BCUT2D eigenvalue weighted by Crippen LogP contribution is 2.23. The third-order valence-corrected chi connectivity index (χ3v) is 2.81. The van der Waals surface area contributed by atoms with Gasteiger partial charge in [-0.1, -0.05) is 32.0 Å². The molecule has 0 aliphatic rings. The summed E-state index contributed by atoms with van der Waals surface area (Å²) < 4.78 is 0. The first kappa shape index (κ1) is 13.0. The van der Waals surface area contributed by atoms with Crippen molar-refractivity contribution < 1.29 is 4.79 Å². The Labute approximate surface area is 102 Å². The van der Waals surface area contributed by atoms with Gasteiger partial charge in [0.1, 0.15) is 5.38 Å². The molecule has 0 spiro atoms. The van der Waals surface area contributed by atoms with E-state index in [9.17, 15) is 4.79 Å². The number of para-hydroxylation sites is 1. The summed E-state index contributed by atoms with van der Waals surface area (Å²) in [5, 5.41) is 2.40. The number of hydrogen-bond acceptors (Lipinski definition) is 1. The lowest BCUT2D eigenvalue weighted by Crippen LogP contribution is -2.22. The van der Waals surface area contributed by atoms with Gasteiger partial charge in [0, 0.05) is 5.69 Å². The first-order chi connectivity index (χ1) is 7.60. The normalized spacial score (nSPS) is 12.2. The van der Waals surface area contributed by atoms with Crippen molar-refractivity contribution >= 4 is 23.2 Å². The molecule has 1 N–H and O–H groups in total. The number of nitrogens with one attached hydrogen (secondary N) is 1. The average Bonchev–Trinajstić information content (AvgIpc) is 2.29. The molecule has 1 atom stereocenters. The fraction of sp³-hybridized carbons (Fsp3) is 0.462. The maximum absolute atomic E-state index is 11.6. The Bertz CT molecular complexity index is 352. The number of benzene rings is 1. The highest BCUT2D eigenvalue weighted by atomic mass is 35.5. The summed E-state index contributed by atoms with van der Waals surface area (Å²) in [6, 6.07) is 6.10. The molecular weight excluding hydrogens is 222 g/mol. The van der Waals surface area contributed by atoms with Crippen LogP contribution in [0, 0.1) is 0 Å². The standard InChI is InChI=1S/C13H18ClNO/c1-4-10-7-6-8-11(5-2)12(10)15-13(16)9(3)14/h6-9H,4-5H2,1-3H3,(H,15,16)/t9-/m0/s1. The second-order valence-electron chi connectivity index (χ2n) is 3.76. The first-order valence-electron chi connectivity index (χ1n) is 5.65. The fourth-order valence-electron chi connectivity index (χ4n) is 1.63. The van der Waals surface area contributed by atoms with Gasteiger partial charge in [0.05, 0.1) is 0 Å². The Morgan fingerprint density at radius 1 is 1.31 bits per heavy atom. The number of aryl methyl sites for hydroxylation is 2. The molecule has 2 nitrogen and oxygen atoms in total. The van der Waals surface area contributed by atoms with Crippen molar-refractivity contribution in [3.63, 3.8) is 0 Å². The van der Waals surface area contributed by atoms with Gasteiger partial charge in [-0.3, -0.25) is 4.79 Å². The lowest BCUT2D eigenvalue weighted by molar-refractivity contribution is -0.115. The van der Waals surface area contributed by atoms with E-state index in [-0.39, 0.29) is 5.91 Å². The Balaban J connectivity index is 3.04. The second-order valence-corrected chi connectivity index (χ2v) is 4.42. The smallest absolute Gasteiger partial charge is 0.242 e. The van der Waals surface area contributed by atoms with E-state index in [2.05, 4.69) is 19.2 Å². The van der Waals surface area contributed by atoms with Crippen molar-refractivity contribution in [2.45, 2.75) is 39.0 Å². The number of halogens is 1. The third-order valence-electron chi connectivity index (χ3n) is 2.61. The van der Waals surface area contributed by atoms with Crippen LogP contribution in [0.15, 0.2) is 18.2 Å². The van der Waals surface area contributed by atoms with E-state index in [4.69, 9.17) is 11.6 Å². The maximum Gasteiger partial charge on any atom is 0.242 e. The lowest BCUT2D eigenvalue weighted by Gasteiger charge is -2.15. The summed E-state index contributed by atoms with van der Waals surface area (Å²) in [5.41, 5.74) is 3.25. The molecule has 0 saturated carbocycles. The van der Waals surface area contributed by atoms with Crippen molar-refractivity contribution in [2.75, 3.05) is 5.32 Å². The van der Waals surface area contributed by atoms with Crippen molar-refractivity contribution in [3.8, 4) is 0 Å². The molecule has 0 saturated heterocycles. The van der Waals surface area contributed by atoms with E-state index < -0.39 is 5.38 Å². The van der Waals surface area contributed by atoms with Gasteiger partial charge < -0.3 is 5.32 Å². The van der Waals surface area contributed by atoms with E-state index in [0.717, 1.165) is 29.7 Å². The Morgan fingerprint density at radius 2 is 1.81 bits per heavy atom. The summed E-state index contributed by atoms with van der Waals surface area (Å²) in [7, 11) is 0. The second kappa shape index (κ2) is 5.90. The summed E-state index contributed by atoms with van der Waals surface area (Å²) in [4.78, 5) is 11.6. The molecule has 16 heavy (non-hydrogen) atoms. The Kier molecular flexibility index (Phi) is 4.81. The first-order valence-corrected chi connectivity index (χ1v) is 6.09. The number of rotatable bonds is 4. The van der Waals surface area contributed by atoms with Gasteiger partial charge in [-0.25, -0.2) is 0 Å². The topological polar surface area (TPSA) is 29.1 Å². The van der Waals surface area contributed by atoms with Gasteiger partial charge in [0.2, 0.25) is 5.91 Å². The summed E-state index contributed by atoms with van der Waals surface area (Å²) in [6.07, 6.45) is 1.81. The molecule has 0 aliphatic carbocycles. The van der Waals surface area contributed by atoms with E-state index in [0.29, 0.717) is 0 Å². The summed E-state index contributed by atoms with van der Waals surface area (Å²) in [6.45, 7) is 5.83. The van der Waals surface area contributed by atoms with E-state index >= 15 is 0 Å². The molecule has 3 heteroatoms. The maximum atomic E-state index is 11.6. The lowest BCUT2D eigenvalue weighted by atomic mass is 10.0. The van der Waals surface area contributed by atoms with Crippen LogP contribution >= 0.6 is 11.6 Å². The number of anilines is 1. The summed E-state index contributed by atoms with van der Waals surface area (Å²) >= 11 is 5.76. The molecule has 1 amide bonds. The van der Waals surface area contributed by atoms with Crippen LogP contribution in [0.4, 0.5) is 5.69 Å². The van der Waals surface area contributed by atoms with E-state index in [1.807, 2.05) is 18.2 Å². The van der Waals surface area contributed by atoms with E-state index in [1.165, 1.54) is 0 Å². The number of carbonyl (C=O) groups is 1. The van der Waals surface area contributed by atoms with Gasteiger partial charge in [0.15, 0.2) is 0 Å². The zero-order valence-corrected chi connectivity index (χ0v) is 10.8. The number of hydrogen-bond donors (Lipinski definition) is 1. The molecule has 0 fully saturated rings. The minimum atomic E-state index is -0.505. The van der Waals surface area contributed by atoms with Crippen LogP contribution in [-0.2, 0) is 17.6 Å².